The topological polar surface area (TPSA) is 75.4 Å². The highest BCUT2D eigenvalue weighted by Gasteiger charge is 2.23. The average molecular weight is 273 g/mol. The van der Waals surface area contributed by atoms with Gasteiger partial charge in [0.05, 0.1) is 16.6 Å². The van der Waals surface area contributed by atoms with Crippen LogP contribution in [0.4, 0.5) is 11.4 Å². The maximum Gasteiger partial charge on any atom is 0.288 e. The molecule has 0 radical (unpaired) electrons. The molecule has 0 fully saturated rings. The molecule has 0 saturated carbocycles. The number of aliphatic hydroxyl groups is 1. The maximum atomic E-state index is 10.7. The van der Waals surface area contributed by atoms with E-state index in [0.717, 1.165) is 0 Å². The predicted molar refractivity (Wildman–Crippen MR) is 72.2 cm³/mol. The maximum absolute atomic E-state index is 10.7. The number of nitro benzene ring substituents is 1. The molecule has 1 rings (SSSR count). The number of hydrogen-bond acceptors (Lipinski definition) is 4. The molecular weight excluding hydrogens is 256 g/mol. The van der Waals surface area contributed by atoms with Crippen LogP contribution in [0.5, 0.6) is 0 Å². The minimum Gasteiger partial charge on any atom is -0.388 e. The fourth-order valence-corrected chi connectivity index (χ4v) is 1.60. The third-order valence-electron chi connectivity index (χ3n) is 2.92. The van der Waals surface area contributed by atoms with Gasteiger partial charge in [0.15, 0.2) is 0 Å². The summed E-state index contributed by atoms with van der Waals surface area (Å²) in [6, 6.07) is 2.72. The van der Waals surface area contributed by atoms with Crippen molar-refractivity contribution in [3.63, 3.8) is 0 Å². The van der Waals surface area contributed by atoms with Crippen molar-refractivity contribution in [3.05, 3.63) is 32.8 Å². The molecule has 100 valence electrons. The highest BCUT2D eigenvalue weighted by molar-refractivity contribution is 6.33. The standard InChI is InChI=1S/C12H17ClN2O3/c1-7-5-11(15(17)18)9(13)6-10(7)14-8(2)12(3,4)16/h5-6,8,14,16H,1-4H3. The number of rotatable bonds is 4. The van der Waals surface area contributed by atoms with Crippen LogP contribution in [0.2, 0.25) is 5.02 Å². The van der Waals surface area contributed by atoms with Crippen molar-refractivity contribution in [2.75, 3.05) is 5.32 Å². The van der Waals surface area contributed by atoms with Crippen molar-refractivity contribution in [3.8, 4) is 0 Å². The van der Waals surface area contributed by atoms with Gasteiger partial charge in [0.25, 0.3) is 5.69 Å². The highest BCUT2D eigenvalue weighted by atomic mass is 35.5. The Labute approximate surface area is 111 Å². The second-order valence-corrected chi connectivity index (χ2v) is 5.30. The molecule has 0 bridgehead atoms. The van der Waals surface area contributed by atoms with Gasteiger partial charge in [0, 0.05) is 11.8 Å². The van der Waals surface area contributed by atoms with Gasteiger partial charge >= 0.3 is 0 Å². The quantitative estimate of drug-likeness (QED) is 0.652. The largest absolute Gasteiger partial charge is 0.388 e. The van der Waals surface area contributed by atoms with E-state index in [0.29, 0.717) is 11.3 Å². The Bertz CT molecular complexity index is 469. The third-order valence-corrected chi connectivity index (χ3v) is 3.22. The summed E-state index contributed by atoms with van der Waals surface area (Å²) < 4.78 is 0. The van der Waals surface area contributed by atoms with Crippen LogP contribution in [-0.2, 0) is 0 Å². The first kappa shape index (κ1) is 14.7. The van der Waals surface area contributed by atoms with E-state index in [2.05, 4.69) is 5.32 Å². The number of nitro groups is 1. The van der Waals surface area contributed by atoms with Crippen molar-refractivity contribution in [1.29, 1.82) is 0 Å². The summed E-state index contributed by atoms with van der Waals surface area (Å²) in [5.74, 6) is 0. The Balaban J connectivity index is 3.06. The molecule has 18 heavy (non-hydrogen) atoms. The average Bonchev–Trinajstić information content (AvgIpc) is 2.21. The summed E-state index contributed by atoms with van der Waals surface area (Å²) in [5, 5.41) is 23.8. The first-order chi connectivity index (χ1) is 8.12. The molecule has 0 spiro atoms. The number of benzene rings is 1. The Morgan fingerprint density at radius 1 is 1.50 bits per heavy atom. The van der Waals surface area contributed by atoms with Crippen LogP contribution >= 0.6 is 11.6 Å². The van der Waals surface area contributed by atoms with Crippen LogP contribution < -0.4 is 5.32 Å². The monoisotopic (exact) mass is 272 g/mol. The first-order valence-electron chi connectivity index (χ1n) is 5.56. The van der Waals surface area contributed by atoms with E-state index in [1.54, 1.807) is 20.8 Å². The van der Waals surface area contributed by atoms with Crippen LogP contribution in [0.25, 0.3) is 0 Å². The van der Waals surface area contributed by atoms with Gasteiger partial charge in [-0.05, 0) is 39.3 Å². The molecule has 0 aliphatic heterocycles. The van der Waals surface area contributed by atoms with E-state index in [-0.39, 0.29) is 16.8 Å². The molecule has 1 aromatic carbocycles. The normalized spacial score (nSPS) is 13.2. The van der Waals surface area contributed by atoms with E-state index in [4.69, 9.17) is 11.6 Å². The van der Waals surface area contributed by atoms with Crippen molar-refractivity contribution < 1.29 is 10.0 Å². The summed E-state index contributed by atoms with van der Waals surface area (Å²) >= 11 is 5.85. The number of nitrogens with one attached hydrogen (secondary N) is 1. The lowest BCUT2D eigenvalue weighted by atomic mass is 10.00. The van der Waals surface area contributed by atoms with Gasteiger partial charge in [-0.2, -0.15) is 0 Å². The number of anilines is 1. The molecule has 0 aliphatic rings. The van der Waals surface area contributed by atoms with Gasteiger partial charge in [-0.15, -0.1) is 0 Å². The number of hydrogen-bond donors (Lipinski definition) is 2. The summed E-state index contributed by atoms with van der Waals surface area (Å²) in [5.41, 5.74) is 0.374. The molecule has 0 amide bonds. The van der Waals surface area contributed by atoms with Gasteiger partial charge in [0.1, 0.15) is 5.02 Å². The van der Waals surface area contributed by atoms with Crippen LogP contribution in [0.3, 0.4) is 0 Å². The number of aryl methyl sites for hydroxylation is 1. The molecule has 0 heterocycles. The molecule has 1 aromatic rings. The molecule has 5 nitrogen and oxygen atoms in total. The van der Waals surface area contributed by atoms with Gasteiger partial charge in [-0.3, -0.25) is 10.1 Å². The zero-order valence-electron chi connectivity index (χ0n) is 10.8. The molecule has 1 atom stereocenters. The van der Waals surface area contributed by atoms with Gasteiger partial charge in [0.2, 0.25) is 0 Å². The molecule has 0 saturated heterocycles. The van der Waals surface area contributed by atoms with E-state index >= 15 is 0 Å². The second kappa shape index (κ2) is 5.12. The zero-order valence-corrected chi connectivity index (χ0v) is 11.6. The van der Waals surface area contributed by atoms with Crippen LogP contribution in [-0.4, -0.2) is 21.7 Å². The highest BCUT2D eigenvalue weighted by Crippen LogP contribution is 2.31. The van der Waals surface area contributed by atoms with Crippen molar-refractivity contribution in [2.45, 2.75) is 39.3 Å². The minimum atomic E-state index is -0.902. The van der Waals surface area contributed by atoms with E-state index in [1.165, 1.54) is 12.1 Å². The summed E-state index contributed by atoms with van der Waals surface area (Å²) in [6.07, 6.45) is 0. The zero-order chi connectivity index (χ0) is 14.1. The van der Waals surface area contributed by atoms with E-state index in [9.17, 15) is 15.2 Å². The lowest BCUT2D eigenvalue weighted by molar-refractivity contribution is -0.384. The lowest BCUT2D eigenvalue weighted by Crippen LogP contribution is -2.39. The predicted octanol–water partition coefficient (Wildman–Crippen LogP) is 3.13. The second-order valence-electron chi connectivity index (χ2n) is 4.90. The summed E-state index contributed by atoms with van der Waals surface area (Å²) in [6.45, 7) is 6.96. The number of nitrogens with zero attached hydrogens (tertiary/aromatic N) is 1. The van der Waals surface area contributed by atoms with E-state index < -0.39 is 10.5 Å². The molecule has 1 unspecified atom stereocenters. The van der Waals surface area contributed by atoms with Crippen molar-refractivity contribution in [1.82, 2.24) is 0 Å². The van der Waals surface area contributed by atoms with Gasteiger partial charge < -0.3 is 10.4 Å². The number of halogens is 1. The Morgan fingerprint density at radius 3 is 2.50 bits per heavy atom. The smallest absolute Gasteiger partial charge is 0.288 e. The molecular formula is C12H17ClN2O3. The third kappa shape index (κ3) is 3.34. The van der Waals surface area contributed by atoms with Crippen molar-refractivity contribution in [2.24, 2.45) is 0 Å². The summed E-state index contributed by atoms with van der Waals surface area (Å²) in [4.78, 5) is 10.2. The molecule has 0 aliphatic carbocycles. The Kier molecular flexibility index (Phi) is 4.19. The fraction of sp³-hybridized carbons (Fsp3) is 0.500. The van der Waals surface area contributed by atoms with Crippen LogP contribution in [0, 0.1) is 17.0 Å². The molecule has 2 N–H and O–H groups in total. The van der Waals surface area contributed by atoms with Crippen LogP contribution in [0.1, 0.15) is 26.3 Å². The SMILES string of the molecule is Cc1cc([N+](=O)[O-])c(Cl)cc1NC(C)C(C)(C)O. The van der Waals surface area contributed by atoms with Crippen molar-refractivity contribution >= 4 is 23.0 Å². The Hall–Kier alpha value is -1.33. The minimum absolute atomic E-state index is 0.0797. The van der Waals surface area contributed by atoms with Gasteiger partial charge in [-0.25, -0.2) is 0 Å². The first-order valence-corrected chi connectivity index (χ1v) is 5.94. The lowest BCUT2D eigenvalue weighted by Gasteiger charge is -2.28. The molecule has 0 aromatic heterocycles. The van der Waals surface area contributed by atoms with Crippen LogP contribution in [0.15, 0.2) is 12.1 Å². The fourth-order valence-electron chi connectivity index (χ4n) is 1.37. The van der Waals surface area contributed by atoms with E-state index in [1.807, 2.05) is 6.92 Å². The Morgan fingerprint density at radius 2 is 2.06 bits per heavy atom. The van der Waals surface area contributed by atoms with Gasteiger partial charge in [-0.1, -0.05) is 11.6 Å². The molecule has 6 heteroatoms. The summed E-state index contributed by atoms with van der Waals surface area (Å²) in [7, 11) is 0.